The zero-order valence-electron chi connectivity index (χ0n) is 17.6. The molecular formula is C23H21ClF3N3O4. The summed E-state index contributed by atoms with van der Waals surface area (Å²) in [5.74, 6) is -1.40. The van der Waals surface area contributed by atoms with Crippen LogP contribution < -0.4 is 16.6 Å². The van der Waals surface area contributed by atoms with Crippen LogP contribution in [0.3, 0.4) is 0 Å². The number of fused-ring (bicyclic) bond motifs is 1. The standard InChI is InChI=1S/C23H20F3N3O4.ClH/c24-23(25,26)18-4-2-1-3-15(18)19-8-13-6-5-12(7-16(13)22(32)29-19)17-9-14(28-21(17)31)11-33-20(30)10-27;/h1-8,14,17H,9-11,27H2,(H,28,31)(H,29,32);1H/t14?,17-;/m1./s1. The molecule has 1 unspecified atom stereocenters. The van der Waals surface area contributed by atoms with Gasteiger partial charge in [0.2, 0.25) is 5.91 Å². The predicted octanol–water partition coefficient (Wildman–Crippen LogP) is 3.11. The van der Waals surface area contributed by atoms with E-state index in [2.05, 4.69) is 10.3 Å². The summed E-state index contributed by atoms with van der Waals surface area (Å²) in [4.78, 5) is 38.9. The maximum atomic E-state index is 13.4. The van der Waals surface area contributed by atoms with Crippen molar-refractivity contribution in [3.63, 3.8) is 0 Å². The number of ether oxygens (including phenoxy) is 1. The largest absolute Gasteiger partial charge is 0.463 e. The molecule has 1 saturated heterocycles. The second kappa shape index (κ2) is 9.86. The second-order valence-electron chi connectivity index (χ2n) is 7.78. The molecule has 0 bridgehead atoms. The van der Waals surface area contributed by atoms with Crippen molar-refractivity contribution in [3.8, 4) is 11.3 Å². The molecule has 3 aromatic rings. The fraction of sp³-hybridized carbons (Fsp3) is 0.261. The third kappa shape index (κ3) is 5.07. The normalized spacial score (nSPS) is 17.8. The van der Waals surface area contributed by atoms with E-state index in [1.54, 1.807) is 18.2 Å². The number of H-pyrrole nitrogens is 1. The minimum absolute atomic E-state index is 0. The van der Waals surface area contributed by atoms with Crippen LogP contribution in [0.1, 0.15) is 23.5 Å². The number of aromatic nitrogens is 1. The Morgan fingerprint density at radius 1 is 1.12 bits per heavy atom. The first kappa shape index (κ1) is 25.3. The Balaban J connectivity index is 0.00000324. The van der Waals surface area contributed by atoms with E-state index in [1.165, 1.54) is 24.3 Å². The van der Waals surface area contributed by atoms with E-state index in [1.807, 2.05) is 0 Å². The Labute approximate surface area is 197 Å². The molecule has 2 aromatic carbocycles. The molecule has 2 atom stereocenters. The molecule has 7 nitrogen and oxygen atoms in total. The van der Waals surface area contributed by atoms with E-state index in [-0.39, 0.29) is 54.2 Å². The minimum atomic E-state index is -4.57. The molecule has 1 aliphatic heterocycles. The van der Waals surface area contributed by atoms with E-state index >= 15 is 0 Å². The van der Waals surface area contributed by atoms with Crippen LogP contribution in [0.4, 0.5) is 13.2 Å². The zero-order chi connectivity index (χ0) is 23.8. The average Bonchev–Trinajstić information content (AvgIpc) is 3.17. The van der Waals surface area contributed by atoms with Crippen LogP contribution in [0.15, 0.2) is 53.3 Å². The summed E-state index contributed by atoms with van der Waals surface area (Å²) in [6, 6.07) is 10.9. The number of amides is 1. The van der Waals surface area contributed by atoms with Gasteiger partial charge >= 0.3 is 12.1 Å². The molecule has 0 spiro atoms. The lowest BCUT2D eigenvalue weighted by atomic mass is 9.93. The van der Waals surface area contributed by atoms with Gasteiger partial charge in [0.25, 0.3) is 5.56 Å². The van der Waals surface area contributed by atoms with Crippen molar-refractivity contribution >= 4 is 35.1 Å². The van der Waals surface area contributed by atoms with Gasteiger partial charge < -0.3 is 20.8 Å². The number of hydrogen-bond acceptors (Lipinski definition) is 5. The first-order valence-corrected chi connectivity index (χ1v) is 10.2. The van der Waals surface area contributed by atoms with E-state index in [4.69, 9.17) is 10.5 Å². The fourth-order valence-electron chi connectivity index (χ4n) is 4.01. The minimum Gasteiger partial charge on any atom is -0.463 e. The number of hydrogen-bond donors (Lipinski definition) is 3. The van der Waals surface area contributed by atoms with Gasteiger partial charge in [0.1, 0.15) is 6.61 Å². The van der Waals surface area contributed by atoms with E-state index in [9.17, 15) is 27.6 Å². The van der Waals surface area contributed by atoms with E-state index < -0.39 is 29.2 Å². The number of pyridine rings is 1. The summed E-state index contributed by atoms with van der Waals surface area (Å²) in [5, 5.41) is 3.45. The lowest BCUT2D eigenvalue weighted by Gasteiger charge is -2.14. The molecule has 1 amide bonds. The average molecular weight is 496 g/mol. The number of carbonyl (C=O) groups excluding carboxylic acids is 2. The van der Waals surface area contributed by atoms with Crippen molar-refractivity contribution in [2.24, 2.45) is 5.73 Å². The molecule has 0 radical (unpaired) electrons. The molecule has 1 aromatic heterocycles. The molecule has 180 valence electrons. The van der Waals surface area contributed by atoms with Crippen molar-refractivity contribution in [2.45, 2.75) is 24.6 Å². The molecular weight excluding hydrogens is 475 g/mol. The van der Waals surface area contributed by atoms with Gasteiger partial charge in [-0.1, -0.05) is 30.3 Å². The highest BCUT2D eigenvalue weighted by molar-refractivity contribution is 5.90. The number of benzene rings is 2. The third-order valence-electron chi connectivity index (χ3n) is 5.59. The predicted molar refractivity (Wildman–Crippen MR) is 122 cm³/mol. The highest BCUT2D eigenvalue weighted by atomic mass is 35.5. The lowest BCUT2D eigenvalue weighted by molar-refractivity contribution is -0.142. The first-order valence-electron chi connectivity index (χ1n) is 10.2. The van der Waals surface area contributed by atoms with Gasteiger partial charge in [0, 0.05) is 16.6 Å². The number of carbonyl (C=O) groups is 2. The molecule has 4 rings (SSSR count). The molecule has 4 N–H and O–H groups in total. The Hall–Kier alpha value is -3.37. The molecule has 2 heterocycles. The number of aromatic amines is 1. The lowest BCUT2D eigenvalue weighted by Crippen LogP contribution is -2.32. The molecule has 0 aliphatic carbocycles. The Bertz CT molecular complexity index is 1290. The summed E-state index contributed by atoms with van der Waals surface area (Å²) < 4.78 is 45.2. The Morgan fingerprint density at radius 2 is 1.85 bits per heavy atom. The van der Waals surface area contributed by atoms with Gasteiger partial charge in [-0.3, -0.25) is 14.4 Å². The molecule has 1 aliphatic rings. The Kier molecular flexibility index (Phi) is 7.32. The van der Waals surface area contributed by atoms with Gasteiger partial charge in [0.15, 0.2) is 0 Å². The Morgan fingerprint density at radius 3 is 2.56 bits per heavy atom. The van der Waals surface area contributed by atoms with Crippen LogP contribution in [0.5, 0.6) is 0 Å². The quantitative estimate of drug-likeness (QED) is 0.471. The van der Waals surface area contributed by atoms with Crippen LogP contribution in [0.2, 0.25) is 0 Å². The van der Waals surface area contributed by atoms with E-state index in [0.717, 1.165) is 6.07 Å². The number of esters is 1. The summed E-state index contributed by atoms with van der Waals surface area (Å²) in [7, 11) is 0. The highest BCUT2D eigenvalue weighted by Gasteiger charge is 2.35. The van der Waals surface area contributed by atoms with Gasteiger partial charge in [-0.15, -0.1) is 12.4 Å². The van der Waals surface area contributed by atoms with Crippen molar-refractivity contribution in [1.82, 2.24) is 10.3 Å². The molecule has 34 heavy (non-hydrogen) atoms. The number of halogens is 4. The summed E-state index contributed by atoms with van der Waals surface area (Å²) in [6.45, 7) is -0.263. The third-order valence-corrected chi connectivity index (χ3v) is 5.59. The van der Waals surface area contributed by atoms with Crippen LogP contribution in [0, 0.1) is 0 Å². The first-order chi connectivity index (χ1) is 15.7. The molecule has 0 saturated carbocycles. The summed E-state index contributed by atoms with van der Waals surface area (Å²) in [6.07, 6.45) is -4.21. The van der Waals surface area contributed by atoms with Crippen molar-refractivity contribution in [1.29, 1.82) is 0 Å². The topological polar surface area (TPSA) is 114 Å². The molecule has 11 heteroatoms. The SMILES string of the molecule is Cl.NCC(=O)OCC1C[C@H](c2ccc3cc(-c4ccccc4C(F)(F)F)[nH]c(=O)c3c2)C(=O)N1. The summed E-state index contributed by atoms with van der Waals surface area (Å²) >= 11 is 0. The maximum Gasteiger partial charge on any atom is 0.417 e. The van der Waals surface area contributed by atoms with Crippen LogP contribution >= 0.6 is 12.4 Å². The fourth-order valence-corrected chi connectivity index (χ4v) is 4.01. The number of nitrogens with one attached hydrogen (secondary N) is 2. The zero-order valence-corrected chi connectivity index (χ0v) is 18.5. The smallest absolute Gasteiger partial charge is 0.417 e. The molecule has 1 fully saturated rings. The highest BCUT2D eigenvalue weighted by Crippen LogP contribution is 2.37. The van der Waals surface area contributed by atoms with Gasteiger partial charge in [-0.05, 0) is 35.6 Å². The van der Waals surface area contributed by atoms with Crippen LogP contribution in [0.25, 0.3) is 22.0 Å². The van der Waals surface area contributed by atoms with Gasteiger partial charge in [-0.2, -0.15) is 13.2 Å². The number of alkyl halides is 3. The number of nitrogens with two attached hydrogens (primary N) is 1. The van der Waals surface area contributed by atoms with Crippen LogP contribution in [-0.2, 0) is 20.5 Å². The van der Waals surface area contributed by atoms with Gasteiger partial charge in [-0.25, -0.2) is 0 Å². The number of rotatable bonds is 5. The summed E-state index contributed by atoms with van der Waals surface area (Å²) in [5.41, 5.74) is 4.30. The van der Waals surface area contributed by atoms with Crippen molar-refractivity contribution < 1.29 is 27.5 Å². The second-order valence-corrected chi connectivity index (χ2v) is 7.78. The maximum absolute atomic E-state index is 13.4. The van der Waals surface area contributed by atoms with E-state index in [0.29, 0.717) is 17.4 Å². The van der Waals surface area contributed by atoms with Crippen molar-refractivity contribution in [3.05, 3.63) is 70.0 Å². The van der Waals surface area contributed by atoms with Crippen LogP contribution in [-0.4, -0.2) is 36.1 Å². The monoisotopic (exact) mass is 495 g/mol. The van der Waals surface area contributed by atoms with Crippen molar-refractivity contribution in [2.75, 3.05) is 13.2 Å². The van der Waals surface area contributed by atoms with Gasteiger partial charge in [0.05, 0.1) is 24.1 Å².